The molecule has 2 heterocycles. The zero-order valence-electron chi connectivity index (χ0n) is 25.4. The summed E-state index contributed by atoms with van der Waals surface area (Å²) >= 11 is 1.16. The van der Waals surface area contributed by atoms with Crippen molar-refractivity contribution in [1.29, 1.82) is 0 Å². The van der Waals surface area contributed by atoms with Crippen LogP contribution in [0.3, 0.4) is 0 Å². The lowest BCUT2D eigenvalue weighted by Crippen LogP contribution is -2.65. The quantitative estimate of drug-likeness (QED) is 0.187. The highest BCUT2D eigenvalue weighted by molar-refractivity contribution is 7.99. The number of hydrogen-bond donors (Lipinski definition) is 1. The Balaban J connectivity index is 1.98. The molecular formula is C29H40N4O9S. The highest BCUT2D eigenvalue weighted by Crippen LogP contribution is 2.36. The van der Waals surface area contributed by atoms with Crippen LogP contribution in [0.2, 0.25) is 0 Å². The first-order valence-corrected chi connectivity index (χ1v) is 15.1. The lowest BCUT2D eigenvalue weighted by atomic mass is 9.97. The topological polar surface area (TPSA) is 157 Å². The van der Waals surface area contributed by atoms with Gasteiger partial charge in [0.15, 0.2) is 23.2 Å². The minimum absolute atomic E-state index is 0.171. The van der Waals surface area contributed by atoms with E-state index in [4.69, 9.17) is 23.7 Å². The van der Waals surface area contributed by atoms with Crippen LogP contribution in [-0.2, 0) is 51.3 Å². The van der Waals surface area contributed by atoms with Crippen molar-refractivity contribution in [2.24, 2.45) is 0 Å². The van der Waals surface area contributed by atoms with Gasteiger partial charge in [0.25, 0.3) is 0 Å². The SMILES string of the molecule is CCCCCn1c(COc2ccccc2C)nnc1S[C@H]1O[C@H](COC(C)=O)[C@@H](OC(C)=O)[C@H](OC(C)=O)[C@H]1NC(C)=O. The molecule has 14 heteroatoms. The minimum atomic E-state index is -1.17. The third-order valence-corrected chi connectivity index (χ3v) is 7.67. The highest BCUT2D eigenvalue weighted by Gasteiger charge is 2.51. The molecule has 43 heavy (non-hydrogen) atoms. The standard InChI is InChI=1S/C29H40N4O9S/c1-7-8-11-14-33-24(16-39-22-13-10-9-12-17(22)2)31-32-29(33)43-28-25(30-18(3)34)27(41-21(6)37)26(40-20(5)36)23(42-28)15-38-19(4)35/h9-10,12-13,23,25-28H,7-8,11,14-16H2,1-6H3,(H,30,34)/t23-,25-,26-,27-,28-/m1/s1. The number of esters is 3. The minimum Gasteiger partial charge on any atom is -0.485 e. The number of rotatable bonds is 14. The van der Waals surface area contributed by atoms with Crippen LogP contribution in [0.4, 0.5) is 0 Å². The van der Waals surface area contributed by atoms with E-state index >= 15 is 0 Å². The number of nitrogens with zero attached hydrogens (tertiary/aromatic N) is 3. The van der Waals surface area contributed by atoms with E-state index < -0.39 is 53.6 Å². The Morgan fingerprint density at radius 2 is 1.67 bits per heavy atom. The second-order valence-corrected chi connectivity index (χ2v) is 11.2. The average molecular weight is 621 g/mol. The Labute approximate surface area is 255 Å². The molecule has 0 aliphatic carbocycles. The summed E-state index contributed by atoms with van der Waals surface area (Å²) in [6, 6.07) is 6.71. The zero-order valence-corrected chi connectivity index (χ0v) is 26.2. The maximum absolute atomic E-state index is 12.3. The van der Waals surface area contributed by atoms with Crippen LogP contribution < -0.4 is 10.1 Å². The number of amides is 1. The van der Waals surface area contributed by atoms with Gasteiger partial charge in [-0.05, 0) is 25.0 Å². The Hall–Kier alpha value is -3.65. The monoisotopic (exact) mass is 620 g/mol. The van der Waals surface area contributed by atoms with Crippen molar-refractivity contribution in [3.8, 4) is 5.75 Å². The molecule has 0 spiro atoms. The summed E-state index contributed by atoms with van der Waals surface area (Å²) in [6.45, 7) is 9.51. The van der Waals surface area contributed by atoms with E-state index in [9.17, 15) is 19.2 Å². The number of nitrogens with one attached hydrogen (secondary N) is 1. The third kappa shape index (κ3) is 9.95. The molecule has 1 N–H and O–H groups in total. The molecule has 0 saturated carbocycles. The van der Waals surface area contributed by atoms with E-state index in [0.29, 0.717) is 17.5 Å². The molecule has 1 amide bonds. The van der Waals surface area contributed by atoms with E-state index in [1.807, 2.05) is 35.8 Å². The summed E-state index contributed by atoms with van der Waals surface area (Å²) in [6.07, 6.45) is -0.486. The van der Waals surface area contributed by atoms with E-state index in [-0.39, 0.29) is 13.2 Å². The molecule has 5 atom stereocenters. The van der Waals surface area contributed by atoms with Gasteiger partial charge in [0.1, 0.15) is 36.5 Å². The third-order valence-electron chi connectivity index (χ3n) is 6.52. The predicted octanol–water partition coefficient (Wildman–Crippen LogP) is 3.10. The molecule has 13 nitrogen and oxygen atoms in total. The van der Waals surface area contributed by atoms with E-state index in [1.54, 1.807) is 0 Å². The van der Waals surface area contributed by atoms with Crippen LogP contribution in [0.1, 0.15) is 65.3 Å². The lowest BCUT2D eigenvalue weighted by Gasteiger charge is -2.44. The van der Waals surface area contributed by atoms with Gasteiger partial charge in [0, 0.05) is 34.2 Å². The van der Waals surface area contributed by atoms with Gasteiger partial charge in [0.05, 0.1) is 0 Å². The van der Waals surface area contributed by atoms with Crippen molar-refractivity contribution >= 4 is 35.6 Å². The Kier molecular flexibility index (Phi) is 12.8. The van der Waals surface area contributed by atoms with Gasteiger partial charge in [0.2, 0.25) is 5.91 Å². The predicted molar refractivity (Wildman–Crippen MR) is 155 cm³/mol. The first-order chi connectivity index (χ1) is 20.5. The van der Waals surface area contributed by atoms with Crippen molar-refractivity contribution in [3.63, 3.8) is 0 Å². The maximum atomic E-state index is 12.3. The normalized spacial score (nSPS) is 21.5. The summed E-state index contributed by atoms with van der Waals surface area (Å²) in [5.74, 6) is -0.993. The summed E-state index contributed by atoms with van der Waals surface area (Å²) < 4.78 is 30.6. The number of aryl methyl sites for hydroxylation is 1. The van der Waals surface area contributed by atoms with Gasteiger partial charge in [-0.1, -0.05) is 49.7 Å². The van der Waals surface area contributed by atoms with Crippen LogP contribution in [-0.4, -0.2) is 75.0 Å². The molecule has 1 aromatic carbocycles. The first kappa shape index (κ1) is 33.8. The molecule has 1 aromatic heterocycles. The summed E-state index contributed by atoms with van der Waals surface area (Å²) in [7, 11) is 0. The Bertz CT molecular complexity index is 1270. The van der Waals surface area contributed by atoms with Crippen molar-refractivity contribution in [1.82, 2.24) is 20.1 Å². The molecule has 1 aliphatic heterocycles. The fourth-order valence-electron chi connectivity index (χ4n) is 4.61. The van der Waals surface area contributed by atoms with Gasteiger partial charge in [-0.2, -0.15) is 0 Å². The van der Waals surface area contributed by atoms with Gasteiger partial charge >= 0.3 is 17.9 Å². The molecule has 1 saturated heterocycles. The molecule has 236 valence electrons. The van der Waals surface area contributed by atoms with Crippen LogP contribution in [0.25, 0.3) is 0 Å². The second-order valence-electron chi connectivity index (χ2n) is 10.1. The molecule has 1 aliphatic rings. The number of carbonyl (C=O) groups is 4. The zero-order chi connectivity index (χ0) is 31.5. The molecule has 3 rings (SSSR count). The number of hydrogen-bond acceptors (Lipinski definition) is 12. The lowest BCUT2D eigenvalue weighted by molar-refractivity contribution is -0.211. The summed E-state index contributed by atoms with van der Waals surface area (Å²) in [4.78, 5) is 48.2. The van der Waals surface area contributed by atoms with Crippen molar-refractivity contribution in [2.45, 2.75) is 109 Å². The van der Waals surface area contributed by atoms with Crippen LogP contribution >= 0.6 is 11.8 Å². The largest absolute Gasteiger partial charge is 0.485 e. The van der Waals surface area contributed by atoms with Crippen LogP contribution in [0.15, 0.2) is 29.4 Å². The number of benzene rings is 1. The van der Waals surface area contributed by atoms with Crippen molar-refractivity contribution in [2.75, 3.05) is 6.61 Å². The Morgan fingerprint density at radius 3 is 2.30 bits per heavy atom. The molecule has 2 aromatic rings. The first-order valence-electron chi connectivity index (χ1n) is 14.2. The van der Waals surface area contributed by atoms with Crippen molar-refractivity contribution < 1.29 is 42.9 Å². The smallest absolute Gasteiger partial charge is 0.303 e. The number of carbonyl (C=O) groups excluding carboxylic acids is 4. The number of thioether (sulfide) groups is 1. The number of para-hydroxylation sites is 1. The van der Waals surface area contributed by atoms with Crippen LogP contribution in [0.5, 0.6) is 5.75 Å². The van der Waals surface area contributed by atoms with Gasteiger partial charge < -0.3 is 33.6 Å². The highest BCUT2D eigenvalue weighted by atomic mass is 32.2. The number of unbranched alkanes of at least 4 members (excludes halogenated alkanes) is 2. The Morgan fingerprint density at radius 1 is 0.977 bits per heavy atom. The second kappa shape index (κ2) is 16.3. The van der Waals surface area contributed by atoms with Gasteiger partial charge in [-0.3, -0.25) is 19.2 Å². The van der Waals surface area contributed by atoms with E-state index in [1.165, 1.54) is 27.7 Å². The summed E-state index contributed by atoms with van der Waals surface area (Å²) in [5.41, 5.74) is 0.0837. The average Bonchev–Trinajstić information content (AvgIpc) is 3.30. The van der Waals surface area contributed by atoms with Crippen LogP contribution in [0, 0.1) is 6.92 Å². The summed E-state index contributed by atoms with van der Waals surface area (Å²) in [5, 5.41) is 12.1. The number of aromatic nitrogens is 3. The maximum Gasteiger partial charge on any atom is 0.303 e. The molecule has 0 radical (unpaired) electrons. The van der Waals surface area contributed by atoms with Crippen molar-refractivity contribution in [3.05, 3.63) is 35.7 Å². The molecule has 0 unspecified atom stereocenters. The fourth-order valence-corrected chi connectivity index (χ4v) is 5.80. The molecular weight excluding hydrogens is 580 g/mol. The van der Waals surface area contributed by atoms with E-state index in [0.717, 1.165) is 42.3 Å². The molecule has 0 bridgehead atoms. The van der Waals surface area contributed by atoms with Gasteiger partial charge in [-0.25, -0.2) is 0 Å². The van der Waals surface area contributed by atoms with Gasteiger partial charge in [-0.15, -0.1) is 10.2 Å². The van der Waals surface area contributed by atoms with E-state index in [2.05, 4.69) is 22.4 Å². The molecule has 1 fully saturated rings. The fraction of sp³-hybridized carbons (Fsp3) is 0.586. The number of ether oxygens (including phenoxy) is 5.